The van der Waals surface area contributed by atoms with Gasteiger partial charge >= 0.3 is 6.18 Å². The molecule has 3 aromatic heterocycles. The molecule has 3 atom stereocenters. The van der Waals surface area contributed by atoms with Crippen molar-refractivity contribution in [3.05, 3.63) is 42.3 Å². The second kappa shape index (κ2) is 9.00. The molecule has 3 aromatic rings. The van der Waals surface area contributed by atoms with Crippen LogP contribution in [0.5, 0.6) is 0 Å². The van der Waals surface area contributed by atoms with Gasteiger partial charge in [0.15, 0.2) is 11.7 Å². The van der Waals surface area contributed by atoms with Crippen molar-refractivity contribution in [3.8, 4) is 11.3 Å². The van der Waals surface area contributed by atoms with Gasteiger partial charge < -0.3 is 9.32 Å². The average molecular weight is 473 g/mol. The average Bonchev–Trinajstić information content (AvgIpc) is 3.33. The monoisotopic (exact) mass is 472 g/mol. The van der Waals surface area contributed by atoms with Gasteiger partial charge in [0.05, 0.1) is 30.0 Å². The smallest absolute Gasteiger partial charge is 0.389 e. The van der Waals surface area contributed by atoms with E-state index in [4.69, 9.17) is 4.42 Å². The van der Waals surface area contributed by atoms with Crippen LogP contribution in [0.1, 0.15) is 56.5 Å². The molecule has 5 heterocycles. The molecule has 34 heavy (non-hydrogen) atoms. The number of nitrogens with zero attached hydrogens (tertiary/aromatic N) is 4. The van der Waals surface area contributed by atoms with Crippen LogP contribution in [-0.2, 0) is 11.2 Å². The summed E-state index contributed by atoms with van der Waals surface area (Å²) in [5, 5.41) is 0.871. The summed E-state index contributed by atoms with van der Waals surface area (Å²) in [7, 11) is 0. The predicted octanol–water partition coefficient (Wildman–Crippen LogP) is 5.64. The zero-order chi connectivity index (χ0) is 23.9. The Hall–Kier alpha value is -2.97. The minimum atomic E-state index is -4.09. The molecule has 5 rings (SSSR count). The highest BCUT2D eigenvalue weighted by atomic mass is 19.4. The molecular formula is C25H27F3N4O2. The Morgan fingerprint density at radius 2 is 1.85 bits per heavy atom. The number of amides is 1. The number of aryl methyl sites for hydroxylation is 1. The number of alkyl halides is 3. The number of piperidine rings is 1. The van der Waals surface area contributed by atoms with E-state index in [9.17, 15) is 18.0 Å². The SMILES string of the molecule is Cc1ncc(-c2cnc3cnc(CC(=O)N4[C@@H]5CC[C@H]4CC(CCCC(F)(F)F)C5)cc3c2)o1. The normalized spacial score (nSPS) is 22.5. The first-order valence-corrected chi connectivity index (χ1v) is 11.8. The Morgan fingerprint density at radius 3 is 2.53 bits per heavy atom. The van der Waals surface area contributed by atoms with Crippen molar-refractivity contribution in [2.24, 2.45) is 5.92 Å². The van der Waals surface area contributed by atoms with Crippen LogP contribution in [0.2, 0.25) is 0 Å². The molecule has 0 saturated carbocycles. The quantitative estimate of drug-likeness (QED) is 0.464. The number of fused-ring (bicyclic) bond motifs is 3. The number of carbonyl (C=O) groups is 1. The second-order valence-electron chi connectivity index (χ2n) is 9.54. The van der Waals surface area contributed by atoms with Gasteiger partial charge in [0.2, 0.25) is 5.91 Å². The minimum absolute atomic E-state index is 0.0445. The molecule has 0 N–H and O–H groups in total. The number of pyridine rings is 2. The third-order valence-corrected chi connectivity index (χ3v) is 7.05. The summed E-state index contributed by atoms with van der Waals surface area (Å²) in [6.07, 6.45) is 4.66. The van der Waals surface area contributed by atoms with Gasteiger partial charge in [-0.25, -0.2) is 4.98 Å². The largest absolute Gasteiger partial charge is 0.441 e. The number of halogens is 3. The van der Waals surface area contributed by atoms with Crippen LogP contribution in [0.15, 0.2) is 35.1 Å². The molecule has 2 aliphatic heterocycles. The van der Waals surface area contributed by atoms with Gasteiger partial charge in [0.25, 0.3) is 0 Å². The van der Waals surface area contributed by atoms with Crippen molar-refractivity contribution in [1.29, 1.82) is 0 Å². The van der Waals surface area contributed by atoms with Gasteiger partial charge in [-0.1, -0.05) is 0 Å². The summed E-state index contributed by atoms with van der Waals surface area (Å²) < 4.78 is 43.1. The molecule has 0 radical (unpaired) electrons. The topological polar surface area (TPSA) is 72.1 Å². The molecule has 1 amide bonds. The Morgan fingerprint density at radius 1 is 1.09 bits per heavy atom. The van der Waals surface area contributed by atoms with Gasteiger partial charge in [0.1, 0.15) is 0 Å². The van der Waals surface area contributed by atoms with Crippen LogP contribution in [-0.4, -0.2) is 44.0 Å². The van der Waals surface area contributed by atoms with E-state index in [1.165, 1.54) is 0 Å². The highest BCUT2D eigenvalue weighted by molar-refractivity contribution is 5.84. The maximum atomic E-state index is 13.2. The lowest BCUT2D eigenvalue weighted by Crippen LogP contribution is -2.47. The number of hydrogen-bond donors (Lipinski definition) is 0. The van der Waals surface area contributed by atoms with Gasteiger partial charge in [-0.15, -0.1) is 0 Å². The Kier molecular flexibility index (Phi) is 6.04. The maximum Gasteiger partial charge on any atom is 0.389 e. The van der Waals surface area contributed by atoms with Crippen LogP contribution in [0.4, 0.5) is 13.2 Å². The van der Waals surface area contributed by atoms with E-state index in [2.05, 4.69) is 15.0 Å². The van der Waals surface area contributed by atoms with E-state index in [-0.39, 0.29) is 36.8 Å². The van der Waals surface area contributed by atoms with E-state index in [1.807, 2.05) is 17.0 Å². The Balaban J connectivity index is 1.25. The number of carbonyl (C=O) groups excluding carboxylic acids is 1. The first-order valence-electron chi connectivity index (χ1n) is 11.8. The summed E-state index contributed by atoms with van der Waals surface area (Å²) >= 11 is 0. The van der Waals surface area contributed by atoms with Crippen LogP contribution in [0.3, 0.4) is 0 Å². The second-order valence-corrected chi connectivity index (χ2v) is 9.54. The molecule has 2 bridgehead atoms. The molecule has 2 saturated heterocycles. The summed E-state index contributed by atoms with van der Waals surface area (Å²) in [6, 6.07) is 4.10. The van der Waals surface area contributed by atoms with E-state index < -0.39 is 12.6 Å². The number of rotatable bonds is 6. The van der Waals surface area contributed by atoms with Crippen molar-refractivity contribution in [3.63, 3.8) is 0 Å². The molecule has 6 nitrogen and oxygen atoms in total. The molecule has 0 aromatic carbocycles. The van der Waals surface area contributed by atoms with E-state index in [0.717, 1.165) is 42.1 Å². The fourth-order valence-electron chi connectivity index (χ4n) is 5.57. The predicted molar refractivity (Wildman–Crippen MR) is 120 cm³/mol. The van der Waals surface area contributed by atoms with Gasteiger partial charge in [-0.05, 0) is 56.6 Å². The van der Waals surface area contributed by atoms with Crippen LogP contribution in [0.25, 0.3) is 22.2 Å². The molecule has 0 aliphatic carbocycles. The fraction of sp³-hybridized carbons (Fsp3) is 0.520. The zero-order valence-corrected chi connectivity index (χ0v) is 19.0. The van der Waals surface area contributed by atoms with E-state index in [0.29, 0.717) is 23.8 Å². The molecule has 2 fully saturated rings. The fourth-order valence-corrected chi connectivity index (χ4v) is 5.57. The van der Waals surface area contributed by atoms with E-state index >= 15 is 0 Å². The molecule has 1 unspecified atom stereocenters. The van der Waals surface area contributed by atoms with Crippen LogP contribution < -0.4 is 0 Å². The zero-order valence-electron chi connectivity index (χ0n) is 19.0. The van der Waals surface area contributed by atoms with Crippen molar-refractivity contribution in [2.45, 2.75) is 76.6 Å². The van der Waals surface area contributed by atoms with Gasteiger partial charge in [-0.3, -0.25) is 14.8 Å². The first-order chi connectivity index (χ1) is 16.2. The highest BCUT2D eigenvalue weighted by Gasteiger charge is 2.43. The third-order valence-electron chi connectivity index (χ3n) is 7.05. The van der Waals surface area contributed by atoms with Crippen molar-refractivity contribution in [1.82, 2.24) is 19.9 Å². The van der Waals surface area contributed by atoms with Crippen LogP contribution in [0, 0.1) is 12.8 Å². The summed E-state index contributed by atoms with van der Waals surface area (Å²) in [4.78, 5) is 28.2. The standard InChI is InChI=1S/C25H27F3N4O2/c1-15-29-14-23(34-15)18-9-17-10-19(30-13-22(17)31-12-18)11-24(33)32-20-4-5-21(32)8-16(7-20)3-2-6-25(26,27)28/h9-10,12-14,16,20-21H,2-8,11H2,1H3/t16?,20-,21+. The first kappa shape index (κ1) is 22.8. The number of hydrogen-bond acceptors (Lipinski definition) is 5. The lowest BCUT2D eigenvalue weighted by molar-refractivity contribution is -0.137. The molecule has 2 aliphatic rings. The summed E-state index contributed by atoms with van der Waals surface area (Å²) in [5.74, 6) is 1.53. The lowest BCUT2D eigenvalue weighted by Gasteiger charge is -2.39. The summed E-state index contributed by atoms with van der Waals surface area (Å²) in [6.45, 7) is 1.78. The van der Waals surface area contributed by atoms with E-state index in [1.54, 1.807) is 25.5 Å². The van der Waals surface area contributed by atoms with Gasteiger partial charge in [0, 0.05) is 42.6 Å². The van der Waals surface area contributed by atoms with Crippen molar-refractivity contribution in [2.75, 3.05) is 0 Å². The summed E-state index contributed by atoms with van der Waals surface area (Å²) in [5.41, 5.74) is 2.22. The molecule has 0 spiro atoms. The molecular weight excluding hydrogens is 445 g/mol. The number of oxazole rings is 1. The Bertz CT molecular complexity index is 1180. The van der Waals surface area contributed by atoms with Crippen molar-refractivity contribution >= 4 is 16.8 Å². The third kappa shape index (κ3) is 4.93. The molecule has 9 heteroatoms. The van der Waals surface area contributed by atoms with Crippen molar-refractivity contribution < 1.29 is 22.4 Å². The minimum Gasteiger partial charge on any atom is -0.441 e. The number of aromatic nitrogens is 3. The Labute approximate surface area is 195 Å². The van der Waals surface area contributed by atoms with Gasteiger partial charge in [-0.2, -0.15) is 13.2 Å². The van der Waals surface area contributed by atoms with Crippen LogP contribution >= 0.6 is 0 Å². The highest BCUT2D eigenvalue weighted by Crippen LogP contribution is 2.41. The lowest BCUT2D eigenvalue weighted by atomic mass is 9.86. The molecule has 180 valence electrons. The maximum absolute atomic E-state index is 13.2.